The van der Waals surface area contributed by atoms with Gasteiger partial charge < -0.3 is 10.2 Å². The van der Waals surface area contributed by atoms with E-state index in [0.29, 0.717) is 6.61 Å². The third-order valence-electron chi connectivity index (χ3n) is 5.09. The smallest absolute Gasteiger partial charge is 0.142 e. The molecule has 1 aliphatic heterocycles. The zero-order chi connectivity index (χ0) is 20.1. The lowest BCUT2D eigenvalue weighted by molar-refractivity contribution is 0.128. The molecule has 29 heavy (non-hydrogen) atoms. The highest BCUT2D eigenvalue weighted by Gasteiger charge is 2.28. The molecule has 148 valence electrons. The minimum Gasteiger partial charge on any atom is -0.391 e. The lowest BCUT2D eigenvalue weighted by Crippen LogP contribution is -2.35. The molecule has 3 aromatic rings. The lowest BCUT2D eigenvalue weighted by Gasteiger charge is -2.32. The number of nitrogens with zero attached hydrogens (tertiary/aromatic N) is 1. The van der Waals surface area contributed by atoms with Crippen LogP contribution in [0.3, 0.4) is 0 Å². The Morgan fingerprint density at radius 2 is 1.28 bits per heavy atom. The number of hydrogen-bond acceptors (Lipinski definition) is 3. The summed E-state index contributed by atoms with van der Waals surface area (Å²) in [7, 11) is 0. The number of oxime groups is 1. The maximum absolute atomic E-state index is 6.07. The van der Waals surface area contributed by atoms with Crippen molar-refractivity contribution in [2.24, 2.45) is 5.16 Å². The van der Waals surface area contributed by atoms with Crippen LogP contribution in [-0.4, -0.2) is 5.71 Å². The molecule has 0 spiro atoms. The maximum Gasteiger partial charge on any atom is 0.142 e. The van der Waals surface area contributed by atoms with E-state index in [9.17, 15) is 0 Å². The van der Waals surface area contributed by atoms with E-state index >= 15 is 0 Å². The fraction of sp³-hybridized carbons (Fsp3) is 0.208. The fourth-order valence-corrected chi connectivity index (χ4v) is 3.83. The molecule has 1 heterocycles. The van der Waals surface area contributed by atoms with E-state index in [2.05, 4.69) is 34.7 Å². The number of piperidine rings is 1. The van der Waals surface area contributed by atoms with Gasteiger partial charge in [0.2, 0.25) is 0 Å². The van der Waals surface area contributed by atoms with Crippen molar-refractivity contribution >= 4 is 28.9 Å². The van der Waals surface area contributed by atoms with Gasteiger partial charge in [-0.25, -0.2) is 0 Å². The van der Waals surface area contributed by atoms with Crippen LogP contribution in [0.2, 0.25) is 10.0 Å². The van der Waals surface area contributed by atoms with Crippen molar-refractivity contribution in [3.63, 3.8) is 0 Å². The van der Waals surface area contributed by atoms with Crippen LogP contribution in [0.5, 0.6) is 0 Å². The molecule has 0 aromatic heterocycles. The van der Waals surface area contributed by atoms with Crippen molar-refractivity contribution in [3.8, 4) is 0 Å². The maximum atomic E-state index is 6.07. The van der Waals surface area contributed by atoms with Gasteiger partial charge in [-0.15, -0.1) is 0 Å². The largest absolute Gasteiger partial charge is 0.391 e. The molecule has 1 saturated heterocycles. The first-order valence-corrected chi connectivity index (χ1v) is 10.4. The Bertz CT molecular complexity index is 901. The average Bonchev–Trinajstić information content (AvgIpc) is 2.75. The molecule has 0 saturated carbocycles. The van der Waals surface area contributed by atoms with Gasteiger partial charge in [-0.2, -0.15) is 0 Å². The molecule has 0 amide bonds. The molecule has 2 atom stereocenters. The molecule has 4 rings (SSSR count). The molecule has 1 aliphatic rings. The standard InChI is InChI=1S/C24H22Cl2N2O/c25-20-10-6-18(7-11-20)23-14-22(28-29-16-17-4-2-1-3-5-17)15-24(27-23)19-8-12-21(26)13-9-19/h1-13,23-24,27H,14-16H2. The highest BCUT2D eigenvalue weighted by molar-refractivity contribution is 6.30. The summed E-state index contributed by atoms with van der Waals surface area (Å²) in [5.74, 6) is 0. The first-order valence-electron chi connectivity index (χ1n) is 9.66. The summed E-state index contributed by atoms with van der Waals surface area (Å²) in [4.78, 5) is 5.68. The van der Waals surface area contributed by atoms with E-state index in [4.69, 9.17) is 28.0 Å². The number of rotatable bonds is 5. The van der Waals surface area contributed by atoms with Crippen molar-refractivity contribution < 1.29 is 4.84 Å². The molecule has 0 aliphatic carbocycles. The van der Waals surface area contributed by atoms with Crippen LogP contribution < -0.4 is 5.32 Å². The van der Waals surface area contributed by atoms with Gasteiger partial charge in [-0.05, 0) is 41.0 Å². The van der Waals surface area contributed by atoms with Crippen LogP contribution in [-0.2, 0) is 11.4 Å². The Morgan fingerprint density at radius 1 is 0.759 bits per heavy atom. The summed E-state index contributed by atoms with van der Waals surface area (Å²) in [6, 6.07) is 26.3. The predicted molar refractivity (Wildman–Crippen MR) is 119 cm³/mol. The number of benzene rings is 3. The normalized spacial score (nSPS) is 19.0. The number of hydrogen-bond donors (Lipinski definition) is 1. The SMILES string of the molecule is Clc1ccc(C2CC(=NOCc3ccccc3)CC(c3ccc(Cl)cc3)N2)cc1. The highest BCUT2D eigenvalue weighted by Crippen LogP contribution is 2.32. The highest BCUT2D eigenvalue weighted by atomic mass is 35.5. The summed E-state index contributed by atoms with van der Waals surface area (Å²) >= 11 is 12.1. The Kier molecular flexibility index (Phi) is 6.50. The van der Waals surface area contributed by atoms with E-state index in [1.807, 2.05) is 54.6 Å². The molecule has 3 nitrogen and oxygen atoms in total. The van der Waals surface area contributed by atoms with Gasteiger partial charge in [0, 0.05) is 35.0 Å². The predicted octanol–water partition coefficient (Wildman–Crippen LogP) is 6.73. The second-order valence-corrected chi connectivity index (χ2v) is 8.07. The van der Waals surface area contributed by atoms with E-state index in [-0.39, 0.29) is 12.1 Å². The van der Waals surface area contributed by atoms with Crippen LogP contribution in [0.15, 0.2) is 84.0 Å². The molecule has 0 bridgehead atoms. The summed E-state index contributed by atoms with van der Waals surface area (Å²) in [6.45, 7) is 0.467. The van der Waals surface area contributed by atoms with E-state index in [1.54, 1.807) is 0 Å². The minimum absolute atomic E-state index is 0.140. The summed E-state index contributed by atoms with van der Waals surface area (Å²) in [6.07, 6.45) is 1.58. The number of nitrogens with one attached hydrogen (secondary N) is 1. The monoisotopic (exact) mass is 424 g/mol. The average molecular weight is 425 g/mol. The van der Waals surface area contributed by atoms with Crippen LogP contribution in [0.1, 0.15) is 41.6 Å². The molecular weight excluding hydrogens is 403 g/mol. The Labute approximate surface area is 181 Å². The molecule has 5 heteroatoms. The van der Waals surface area contributed by atoms with Crippen molar-refractivity contribution in [1.29, 1.82) is 0 Å². The quantitative estimate of drug-likeness (QED) is 0.460. The van der Waals surface area contributed by atoms with Gasteiger partial charge in [-0.1, -0.05) is 83.0 Å². The van der Waals surface area contributed by atoms with Gasteiger partial charge in [0.1, 0.15) is 6.61 Å². The van der Waals surface area contributed by atoms with Crippen LogP contribution >= 0.6 is 23.2 Å². The second kappa shape index (κ2) is 9.45. The van der Waals surface area contributed by atoms with Crippen molar-refractivity contribution in [1.82, 2.24) is 5.32 Å². The summed E-state index contributed by atoms with van der Waals surface area (Å²) < 4.78 is 0. The van der Waals surface area contributed by atoms with Crippen LogP contribution in [0.25, 0.3) is 0 Å². The van der Waals surface area contributed by atoms with E-state index < -0.39 is 0 Å². The van der Waals surface area contributed by atoms with Crippen LogP contribution in [0, 0.1) is 0 Å². The first-order chi connectivity index (χ1) is 14.2. The molecule has 1 N–H and O–H groups in total. The lowest BCUT2D eigenvalue weighted by atomic mass is 9.89. The van der Waals surface area contributed by atoms with Gasteiger partial charge >= 0.3 is 0 Å². The van der Waals surface area contributed by atoms with Crippen molar-refractivity contribution in [2.75, 3.05) is 0 Å². The Morgan fingerprint density at radius 3 is 1.79 bits per heavy atom. The second-order valence-electron chi connectivity index (χ2n) is 7.20. The third kappa shape index (κ3) is 5.39. The molecule has 0 radical (unpaired) electrons. The molecular formula is C24H22Cl2N2O. The third-order valence-corrected chi connectivity index (χ3v) is 5.60. The van der Waals surface area contributed by atoms with Crippen molar-refractivity contribution in [2.45, 2.75) is 31.5 Å². The van der Waals surface area contributed by atoms with Crippen LogP contribution in [0.4, 0.5) is 0 Å². The summed E-state index contributed by atoms with van der Waals surface area (Å²) in [5.41, 5.74) is 4.52. The zero-order valence-electron chi connectivity index (χ0n) is 15.9. The molecule has 3 aromatic carbocycles. The molecule has 2 unspecified atom stereocenters. The zero-order valence-corrected chi connectivity index (χ0v) is 17.4. The van der Waals surface area contributed by atoms with Gasteiger partial charge in [0.25, 0.3) is 0 Å². The van der Waals surface area contributed by atoms with Crippen molar-refractivity contribution in [3.05, 3.63) is 106 Å². The van der Waals surface area contributed by atoms with E-state index in [1.165, 1.54) is 11.1 Å². The fourth-order valence-electron chi connectivity index (χ4n) is 3.58. The van der Waals surface area contributed by atoms with Gasteiger partial charge in [0.15, 0.2) is 0 Å². The Balaban J connectivity index is 1.53. The Hall–Kier alpha value is -2.33. The number of halogens is 2. The first kappa shape index (κ1) is 20.0. The van der Waals surface area contributed by atoms with E-state index in [0.717, 1.165) is 34.2 Å². The molecule has 1 fully saturated rings. The minimum atomic E-state index is 0.140. The topological polar surface area (TPSA) is 33.6 Å². The van der Waals surface area contributed by atoms with Gasteiger partial charge in [-0.3, -0.25) is 0 Å². The van der Waals surface area contributed by atoms with Gasteiger partial charge in [0.05, 0.1) is 5.71 Å². The summed E-state index contributed by atoms with van der Waals surface area (Å²) in [5, 5.41) is 9.70.